The maximum absolute atomic E-state index is 9.93. The molecule has 1 aromatic rings. The Bertz CT molecular complexity index is 481. The fraction of sp³-hybridized carbons (Fsp3) is 0.647. The maximum Gasteiger partial charge on any atom is 0.203 e. The van der Waals surface area contributed by atoms with Gasteiger partial charge in [-0.05, 0) is 31.5 Å². The minimum Gasteiger partial charge on any atom is -0.493 e. The number of methoxy groups -OCH3 is 3. The first-order valence-electron chi connectivity index (χ1n) is 7.77. The molecule has 0 spiro atoms. The highest BCUT2D eigenvalue weighted by Gasteiger charge is 2.17. The van der Waals surface area contributed by atoms with Crippen LogP contribution < -0.4 is 19.5 Å². The number of β-amino-alcohol motifs (C(OH)–C–C–N with tert-alkyl or cyclic N) is 1. The minimum absolute atomic E-state index is 0.00792. The molecule has 0 saturated carbocycles. The van der Waals surface area contributed by atoms with E-state index >= 15 is 0 Å². The highest BCUT2D eigenvalue weighted by atomic mass is 16.5. The standard InChI is InChI=1S/C17H29NO6/c1-17(2,11-19)18-8-13(20)10-24-9-12-6-14(21-3)16(23-5)15(7-12)22-4/h6-7,13,18-20H,8-11H2,1-5H3/t13-/m1/s1. The van der Waals surface area contributed by atoms with E-state index in [0.29, 0.717) is 30.4 Å². The predicted octanol–water partition coefficient (Wildman–Crippen LogP) is 0.950. The largest absolute Gasteiger partial charge is 0.493 e. The molecule has 1 atom stereocenters. The number of nitrogens with one attached hydrogen (secondary N) is 1. The summed E-state index contributed by atoms with van der Waals surface area (Å²) in [4.78, 5) is 0. The number of benzene rings is 1. The van der Waals surface area contributed by atoms with Crippen LogP contribution in [0.5, 0.6) is 17.2 Å². The van der Waals surface area contributed by atoms with Crippen molar-refractivity contribution in [3.8, 4) is 17.2 Å². The van der Waals surface area contributed by atoms with Crippen molar-refractivity contribution in [2.45, 2.75) is 32.1 Å². The van der Waals surface area contributed by atoms with Gasteiger partial charge in [-0.3, -0.25) is 0 Å². The van der Waals surface area contributed by atoms with Gasteiger partial charge in [-0.1, -0.05) is 0 Å². The predicted molar refractivity (Wildman–Crippen MR) is 90.9 cm³/mol. The molecule has 0 radical (unpaired) electrons. The van der Waals surface area contributed by atoms with E-state index in [2.05, 4.69) is 5.32 Å². The second-order valence-corrected chi connectivity index (χ2v) is 6.13. The minimum atomic E-state index is -0.669. The van der Waals surface area contributed by atoms with Gasteiger partial charge in [0.2, 0.25) is 5.75 Å². The number of aliphatic hydroxyl groups excluding tert-OH is 2. The van der Waals surface area contributed by atoms with Gasteiger partial charge in [-0.15, -0.1) is 0 Å². The van der Waals surface area contributed by atoms with E-state index in [4.69, 9.17) is 24.1 Å². The summed E-state index contributed by atoms with van der Waals surface area (Å²) in [6.45, 7) is 4.52. The molecule has 0 unspecified atom stereocenters. The van der Waals surface area contributed by atoms with Crippen LogP contribution in [0.2, 0.25) is 0 Å². The maximum atomic E-state index is 9.93. The zero-order valence-electron chi connectivity index (χ0n) is 15.1. The lowest BCUT2D eigenvalue weighted by molar-refractivity contribution is 0.0235. The lowest BCUT2D eigenvalue weighted by Crippen LogP contribution is -2.46. The van der Waals surface area contributed by atoms with Crippen LogP contribution in [0, 0.1) is 0 Å². The summed E-state index contributed by atoms with van der Waals surface area (Å²) in [5.74, 6) is 1.64. The molecule has 1 aromatic carbocycles. The van der Waals surface area contributed by atoms with Crippen LogP contribution in [0.3, 0.4) is 0 Å². The zero-order valence-corrected chi connectivity index (χ0v) is 15.1. The van der Waals surface area contributed by atoms with Gasteiger partial charge in [0.1, 0.15) is 0 Å². The number of hydrogen-bond donors (Lipinski definition) is 3. The molecule has 24 heavy (non-hydrogen) atoms. The van der Waals surface area contributed by atoms with Crippen molar-refractivity contribution in [1.29, 1.82) is 0 Å². The van der Waals surface area contributed by atoms with Crippen molar-refractivity contribution < 1.29 is 29.2 Å². The van der Waals surface area contributed by atoms with Gasteiger partial charge in [0.05, 0.1) is 47.3 Å². The molecule has 0 aromatic heterocycles. The smallest absolute Gasteiger partial charge is 0.203 e. The molecule has 0 fully saturated rings. The molecule has 0 aliphatic carbocycles. The molecule has 0 amide bonds. The summed E-state index contributed by atoms with van der Waals surface area (Å²) < 4.78 is 21.4. The van der Waals surface area contributed by atoms with Gasteiger partial charge in [0.15, 0.2) is 11.5 Å². The molecule has 0 bridgehead atoms. The summed E-state index contributed by atoms with van der Waals surface area (Å²) in [5.41, 5.74) is 0.415. The first kappa shape index (κ1) is 20.5. The van der Waals surface area contributed by atoms with Crippen molar-refractivity contribution in [3.63, 3.8) is 0 Å². The lowest BCUT2D eigenvalue weighted by atomic mass is 10.1. The van der Waals surface area contributed by atoms with Crippen molar-refractivity contribution >= 4 is 0 Å². The molecular weight excluding hydrogens is 314 g/mol. The third-order valence-corrected chi connectivity index (χ3v) is 3.52. The van der Waals surface area contributed by atoms with Crippen molar-refractivity contribution in [2.75, 3.05) is 41.1 Å². The lowest BCUT2D eigenvalue weighted by Gasteiger charge is -2.25. The fourth-order valence-electron chi connectivity index (χ4n) is 2.04. The molecular formula is C17H29NO6. The SMILES string of the molecule is COc1cc(COC[C@H](O)CNC(C)(C)CO)cc(OC)c1OC. The zero-order chi connectivity index (χ0) is 18.2. The summed E-state index contributed by atoms with van der Waals surface area (Å²) in [5, 5.41) is 22.2. The average molecular weight is 343 g/mol. The average Bonchev–Trinajstić information content (AvgIpc) is 2.59. The highest BCUT2D eigenvalue weighted by molar-refractivity contribution is 5.53. The molecule has 3 N–H and O–H groups in total. The molecule has 7 heteroatoms. The quantitative estimate of drug-likeness (QED) is 0.551. The Balaban J connectivity index is 2.55. The van der Waals surface area contributed by atoms with E-state index < -0.39 is 11.6 Å². The van der Waals surface area contributed by atoms with Gasteiger partial charge < -0.3 is 34.5 Å². The van der Waals surface area contributed by atoms with Crippen LogP contribution in [0.25, 0.3) is 0 Å². The van der Waals surface area contributed by atoms with Gasteiger partial charge in [0.25, 0.3) is 0 Å². The Morgan fingerprint density at radius 2 is 1.67 bits per heavy atom. The van der Waals surface area contributed by atoms with Gasteiger partial charge in [-0.25, -0.2) is 0 Å². The van der Waals surface area contributed by atoms with Crippen LogP contribution in [0.1, 0.15) is 19.4 Å². The Kier molecular flexibility index (Phi) is 8.27. The molecule has 138 valence electrons. The van der Waals surface area contributed by atoms with Crippen LogP contribution in [-0.2, 0) is 11.3 Å². The van der Waals surface area contributed by atoms with Gasteiger partial charge in [-0.2, -0.15) is 0 Å². The summed E-state index contributed by atoms with van der Waals surface area (Å²) >= 11 is 0. The monoisotopic (exact) mass is 343 g/mol. The van der Waals surface area contributed by atoms with E-state index in [-0.39, 0.29) is 13.2 Å². The third kappa shape index (κ3) is 6.16. The van der Waals surface area contributed by atoms with E-state index in [0.717, 1.165) is 5.56 Å². The van der Waals surface area contributed by atoms with Crippen LogP contribution >= 0.6 is 0 Å². The fourth-order valence-corrected chi connectivity index (χ4v) is 2.04. The summed E-state index contributed by atoms with van der Waals surface area (Å²) in [7, 11) is 4.66. The normalized spacial score (nSPS) is 12.8. The van der Waals surface area contributed by atoms with E-state index in [1.807, 2.05) is 13.8 Å². The van der Waals surface area contributed by atoms with E-state index in [9.17, 15) is 5.11 Å². The number of ether oxygens (including phenoxy) is 4. The van der Waals surface area contributed by atoms with Crippen molar-refractivity contribution in [1.82, 2.24) is 5.32 Å². The third-order valence-electron chi connectivity index (χ3n) is 3.52. The Morgan fingerprint density at radius 1 is 1.08 bits per heavy atom. The number of hydrogen-bond acceptors (Lipinski definition) is 7. The molecule has 0 heterocycles. The summed E-state index contributed by atoms with van der Waals surface area (Å²) in [6, 6.07) is 3.61. The van der Waals surface area contributed by atoms with Gasteiger partial charge in [0, 0.05) is 12.1 Å². The second-order valence-electron chi connectivity index (χ2n) is 6.13. The number of rotatable bonds is 11. The first-order valence-corrected chi connectivity index (χ1v) is 7.77. The number of aliphatic hydroxyl groups is 2. The van der Waals surface area contributed by atoms with Crippen molar-refractivity contribution in [2.24, 2.45) is 0 Å². The molecule has 7 nitrogen and oxygen atoms in total. The molecule has 1 rings (SSSR count). The van der Waals surface area contributed by atoms with E-state index in [1.165, 1.54) is 0 Å². The highest BCUT2D eigenvalue weighted by Crippen LogP contribution is 2.38. The van der Waals surface area contributed by atoms with Crippen LogP contribution in [0.4, 0.5) is 0 Å². The first-order chi connectivity index (χ1) is 11.4. The Morgan fingerprint density at radius 3 is 2.12 bits per heavy atom. The Labute approximate surface area is 143 Å². The van der Waals surface area contributed by atoms with E-state index in [1.54, 1.807) is 33.5 Å². The topological polar surface area (TPSA) is 89.4 Å². The van der Waals surface area contributed by atoms with Crippen molar-refractivity contribution in [3.05, 3.63) is 17.7 Å². The molecule has 0 aliphatic rings. The van der Waals surface area contributed by atoms with Crippen LogP contribution in [0.15, 0.2) is 12.1 Å². The Hall–Kier alpha value is -1.54. The second kappa shape index (κ2) is 9.68. The molecule has 0 aliphatic heterocycles. The molecule has 0 saturated heterocycles. The van der Waals surface area contributed by atoms with Crippen LogP contribution in [-0.4, -0.2) is 62.9 Å². The summed E-state index contributed by atoms with van der Waals surface area (Å²) in [6.07, 6.45) is -0.669. The van der Waals surface area contributed by atoms with Gasteiger partial charge >= 0.3 is 0 Å².